The summed E-state index contributed by atoms with van der Waals surface area (Å²) in [6, 6.07) is 7.26. The highest BCUT2D eigenvalue weighted by Crippen LogP contribution is 2.12. The van der Waals surface area contributed by atoms with Gasteiger partial charge in [-0.3, -0.25) is 9.78 Å². The predicted molar refractivity (Wildman–Crippen MR) is 72.1 cm³/mol. The van der Waals surface area contributed by atoms with E-state index < -0.39 is 0 Å². The summed E-state index contributed by atoms with van der Waals surface area (Å²) >= 11 is 3.25. The van der Waals surface area contributed by atoms with Crippen molar-refractivity contribution in [1.29, 1.82) is 0 Å². The average molecular weight is 306 g/mol. The van der Waals surface area contributed by atoms with E-state index >= 15 is 0 Å². The number of rotatable bonds is 3. The Kier molecular flexibility index (Phi) is 4.04. The van der Waals surface area contributed by atoms with Crippen LogP contribution in [0.2, 0.25) is 0 Å². The van der Waals surface area contributed by atoms with Gasteiger partial charge in [0, 0.05) is 24.6 Å². The van der Waals surface area contributed by atoms with Gasteiger partial charge in [0.1, 0.15) is 4.60 Å². The van der Waals surface area contributed by atoms with Crippen LogP contribution in [0.4, 0.5) is 0 Å². The SMILES string of the molecule is Cc1ncccc1CNC(=O)c1cccnc1Br. The number of hydrogen-bond donors (Lipinski definition) is 1. The molecule has 0 bridgehead atoms. The van der Waals surface area contributed by atoms with Crippen LogP contribution in [0, 0.1) is 6.92 Å². The minimum Gasteiger partial charge on any atom is -0.348 e. The molecule has 92 valence electrons. The van der Waals surface area contributed by atoms with E-state index in [2.05, 4.69) is 31.2 Å². The van der Waals surface area contributed by atoms with Gasteiger partial charge in [-0.05, 0) is 46.6 Å². The van der Waals surface area contributed by atoms with Gasteiger partial charge in [-0.25, -0.2) is 4.98 Å². The molecule has 0 aliphatic rings. The lowest BCUT2D eigenvalue weighted by atomic mass is 10.2. The first-order chi connectivity index (χ1) is 8.68. The quantitative estimate of drug-likeness (QED) is 0.886. The van der Waals surface area contributed by atoms with Gasteiger partial charge in [-0.1, -0.05) is 6.07 Å². The van der Waals surface area contributed by atoms with E-state index in [1.807, 2.05) is 19.1 Å². The van der Waals surface area contributed by atoms with Gasteiger partial charge in [-0.2, -0.15) is 0 Å². The average Bonchev–Trinajstić information content (AvgIpc) is 2.38. The number of aryl methyl sites for hydroxylation is 1. The van der Waals surface area contributed by atoms with Gasteiger partial charge >= 0.3 is 0 Å². The van der Waals surface area contributed by atoms with Gasteiger partial charge in [0.2, 0.25) is 0 Å². The third kappa shape index (κ3) is 2.92. The van der Waals surface area contributed by atoms with E-state index in [0.717, 1.165) is 11.3 Å². The Bertz CT molecular complexity index is 572. The molecule has 2 rings (SSSR count). The van der Waals surface area contributed by atoms with Gasteiger partial charge in [-0.15, -0.1) is 0 Å². The number of nitrogens with one attached hydrogen (secondary N) is 1. The summed E-state index contributed by atoms with van der Waals surface area (Å²) in [6.45, 7) is 2.38. The number of hydrogen-bond acceptors (Lipinski definition) is 3. The molecule has 1 amide bonds. The highest BCUT2D eigenvalue weighted by atomic mass is 79.9. The topological polar surface area (TPSA) is 54.9 Å². The number of amides is 1. The highest BCUT2D eigenvalue weighted by Gasteiger charge is 2.10. The maximum Gasteiger partial charge on any atom is 0.254 e. The number of carbonyl (C=O) groups excluding carboxylic acids is 1. The fourth-order valence-electron chi connectivity index (χ4n) is 1.53. The van der Waals surface area contributed by atoms with Crippen molar-refractivity contribution < 1.29 is 4.79 Å². The van der Waals surface area contributed by atoms with E-state index in [9.17, 15) is 4.79 Å². The van der Waals surface area contributed by atoms with Crippen molar-refractivity contribution in [2.45, 2.75) is 13.5 Å². The van der Waals surface area contributed by atoms with Crippen LogP contribution in [0.15, 0.2) is 41.3 Å². The first kappa shape index (κ1) is 12.7. The van der Waals surface area contributed by atoms with Gasteiger partial charge in [0.05, 0.1) is 5.56 Å². The van der Waals surface area contributed by atoms with Crippen LogP contribution in [0.5, 0.6) is 0 Å². The molecule has 0 aliphatic heterocycles. The van der Waals surface area contributed by atoms with Crippen molar-refractivity contribution in [3.63, 3.8) is 0 Å². The molecule has 4 nitrogen and oxygen atoms in total. The molecular weight excluding hydrogens is 294 g/mol. The summed E-state index contributed by atoms with van der Waals surface area (Å²) in [5.74, 6) is -0.154. The number of carbonyl (C=O) groups is 1. The minimum absolute atomic E-state index is 0.154. The molecule has 2 heterocycles. The van der Waals surface area contributed by atoms with Crippen molar-refractivity contribution in [3.05, 3.63) is 58.1 Å². The Labute approximate surface area is 114 Å². The van der Waals surface area contributed by atoms with Crippen molar-refractivity contribution in [1.82, 2.24) is 15.3 Å². The molecule has 0 fully saturated rings. The van der Waals surface area contributed by atoms with Gasteiger partial charge in [0.25, 0.3) is 5.91 Å². The van der Waals surface area contributed by atoms with Crippen LogP contribution in [0.1, 0.15) is 21.6 Å². The largest absolute Gasteiger partial charge is 0.348 e. The van der Waals surface area contributed by atoms with Crippen molar-refractivity contribution in [2.75, 3.05) is 0 Å². The second-order valence-corrected chi connectivity index (χ2v) is 4.52. The fourth-order valence-corrected chi connectivity index (χ4v) is 1.96. The minimum atomic E-state index is -0.154. The van der Waals surface area contributed by atoms with Crippen LogP contribution in [-0.4, -0.2) is 15.9 Å². The molecule has 2 aromatic heterocycles. The van der Waals surface area contributed by atoms with Crippen molar-refractivity contribution >= 4 is 21.8 Å². The summed E-state index contributed by atoms with van der Waals surface area (Å²) in [5.41, 5.74) is 2.45. The maximum absolute atomic E-state index is 11.9. The molecule has 0 aliphatic carbocycles. The second-order valence-electron chi connectivity index (χ2n) is 3.77. The lowest BCUT2D eigenvalue weighted by molar-refractivity contribution is 0.0949. The Morgan fingerprint density at radius 2 is 2.00 bits per heavy atom. The van der Waals surface area contributed by atoms with Crippen molar-refractivity contribution in [2.24, 2.45) is 0 Å². The van der Waals surface area contributed by atoms with Crippen LogP contribution in [-0.2, 0) is 6.54 Å². The van der Waals surface area contributed by atoms with E-state index in [1.54, 1.807) is 24.5 Å². The standard InChI is InChI=1S/C13H12BrN3O/c1-9-10(4-2-6-15-9)8-17-13(18)11-5-3-7-16-12(11)14/h2-7H,8H2,1H3,(H,17,18). The first-order valence-corrected chi connectivity index (χ1v) is 6.27. The lowest BCUT2D eigenvalue weighted by Gasteiger charge is -2.07. The van der Waals surface area contributed by atoms with Crippen LogP contribution < -0.4 is 5.32 Å². The molecule has 0 saturated carbocycles. The molecule has 0 radical (unpaired) electrons. The summed E-state index contributed by atoms with van der Waals surface area (Å²) in [7, 11) is 0. The molecule has 2 aromatic rings. The first-order valence-electron chi connectivity index (χ1n) is 5.47. The molecule has 0 unspecified atom stereocenters. The second kappa shape index (κ2) is 5.73. The third-order valence-corrected chi connectivity index (χ3v) is 3.19. The predicted octanol–water partition coefficient (Wildman–Crippen LogP) is 2.48. The van der Waals surface area contributed by atoms with Gasteiger partial charge < -0.3 is 5.32 Å². The van der Waals surface area contributed by atoms with E-state index in [0.29, 0.717) is 16.7 Å². The summed E-state index contributed by atoms with van der Waals surface area (Å²) in [5, 5.41) is 2.85. The Morgan fingerprint density at radius 1 is 1.28 bits per heavy atom. The zero-order valence-electron chi connectivity index (χ0n) is 9.85. The molecular formula is C13H12BrN3O. The summed E-state index contributed by atoms with van der Waals surface area (Å²) in [4.78, 5) is 20.1. The number of halogens is 1. The lowest BCUT2D eigenvalue weighted by Crippen LogP contribution is -2.23. The van der Waals surface area contributed by atoms with E-state index in [4.69, 9.17) is 0 Å². The zero-order chi connectivity index (χ0) is 13.0. The monoisotopic (exact) mass is 305 g/mol. The summed E-state index contributed by atoms with van der Waals surface area (Å²) < 4.78 is 0.547. The molecule has 18 heavy (non-hydrogen) atoms. The highest BCUT2D eigenvalue weighted by molar-refractivity contribution is 9.10. The normalized spacial score (nSPS) is 10.1. The van der Waals surface area contributed by atoms with Crippen LogP contribution in [0.25, 0.3) is 0 Å². The van der Waals surface area contributed by atoms with E-state index in [-0.39, 0.29) is 5.91 Å². The molecule has 1 N–H and O–H groups in total. The molecule has 5 heteroatoms. The van der Waals surface area contributed by atoms with Crippen LogP contribution >= 0.6 is 15.9 Å². The summed E-state index contributed by atoms with van der Waals surface area (Å²) in [6.07, 6.45) is 3.37. The van der Waals surface area contributed by atoms with E-state index in [1.165, 1.54) is 0 Å². The maximum atomic E-state index is 11.9. The number of pyridine rings is 2. The molecule has 0 saturated heterocycles. The molecule has 0 spiro atoms. The number of nitrogens with zero attached hydrogens (tertiary/aromatic N) is 2. The Balaban J connectivity index is 2.06. The third-order valence-electron chi connectivity index (χ3n) is 2.56. The van der Waals surface area contributed by atoms with Gasteiger partial charge in [0.15, 0.2) is 0 Å². The molecule has 0 atom stereocenters. The Hall–Kier alpha value is -1.75. The van der Waals surface area contributed by atoms with Crippen molar-refractivity contribution in [3.8, 4) is 0 Å². The molecule has 0 aromatic carbocycles. The smallest absolute Gasteiger partial charge is 0.254 e. The fraction of sp³-hybridized carbons (Fsp3) is 0.154. The number of aromatic nitrogens is 2. The Morgan fingerprint density at radius 3 is 2.72 bits per heavy atom. The zero-order valence-corrected chi connectivity index (χ0v) is 11.4. The van der Waals surface area contributed by atoms with Crippen LogP contribution in [0.3, 0.4) is 0 Å².